The van der Waals surface area contributed by atoms with Gasteiger partial charge in [0, 0.05) is 30.9 Å². The Kier molecular flexibility index (Phi) is 7.13. The van der Waals surface area contributed by atoms with E-state index in [0.717, 1.165) is 5.56 Å². The van der Waals surface area contributed by atoms with E-state index in [2.05, 4.69) is 5.32 Å². The Morgan fingerprint density at radius 1 is 1.10 bits per heavy atom. The van der Waals surface area contributed by atoms with Gasteiger partial charge in [0.25, 0.3) is 5.91 Å². The summed E-state index contributed by atoms with van der Waals surface area (Å²) in [5.74, 6) is 0.743. The van der Waals surface area contributed by atoms with Gasteiger partial charge >= 0.3 is 0 Å². The fraction of sp³-hybridized carbons (Fsp3) is 0.364. The molecule has 2 aromatic carbocycles. The van der Waals surface area contributed by atoms with Crippen molar-refractivity contribution in [3.63, 3.8) is 0 Å². The molecule has 0 aliphatic carbocycles. The number of carbonyl (C=O) groups excluding carboxylic acids is 2. The van der Waals surface area contributed by atoms with Crippen LogP contribution in [0.2, 0.25) is 0 Å². The molecule has 0 aromatic heterocycles. The molecule has 1 aliphatic heterocycles. The van der Waals surface area contributed by atoms with Crippen LogP contribution in [0, 0.1) is 0 Å². The molecule has 1 N–H and O–H groups in total. The Labute approximate surface area is 175 Å². The summed E-state index contributed by atoms with van der Waals surface area (Å²) >= 11 is 0. The van der Waals surface area contributed by atoms with Crippen LogP contribution in [0.4, 0.5) is 5.69 Å². The summed E-state index contributed by atoms with van der Waals surface area (Å²) in [6.07, 6.45) is -0.898. The Morgan fingerprint density at radius 2 is 1.77 bits per heavy atom. The molecule has 2 aromatic rings. The molecule has 2 amide bonds. The third-order valence-corrected chi connectivity index (χ3v) is 4.80. The number of benzene rings is 2. The van der Waals surface area contributed by atoms with E-state index in [-0.39, 0.29) is 18.2 Å². The van der Waals surface area contributed by atoms with Crippen molar-refractivity contribution in [3.05, 3.63) is 48.0 Å². The zero-order valence-electron chi connectivity index (χ0n) is 17.3. The maximum Gasteiger partial charge on any atom is 0.252 e. The second kappa shape index (κ2) is 9.98. The van der Waals surface area contributed by atoms with Crippen molar-refractivity contribution in [1.29, 1.82) is 0 Å². The number of ether oxygens (including phenoxy) is 4. The predicted molar refractivity (Wildman–Crippen MR) is 111 cm³/mol. The fourth-order valence-corrected chi connectivity index (χ4v) is 3.33. The van der Waals surface area contributed by atoms with E-state index >= 15 is 0 Å². The molecule has 8 heteroatoms. The molecule has 0 bridgehead atoms. The van der Waals surface area contributed by atoms with Crippen molar-refractivity contribution < 1.29 is 28.5 Å². The molecule has 1 aliphatic rings. The molecular formula is C22H26N2O6. The predicted octanol–water partition coefficient (Wildman–Crippen LogP) is 2.47. The molecule has 160 valence electrons. The first-order valence-electron chi connectivity index (χ1n) is 9.60. The van der Waals surface area contributed by atoms with Crippen LogP contribution in [-0.2, 0) is 20.9 Å². The molecule has 0 radical (unpaired) electrons. The normalized spacial score (nSPS) is 16.2. The lowest BCUT2D eigenvalue weighted by Crippen LogP contribution is -2.48. The molecule has 3 rings (SSSR count). The molecule has 8 nitrogen and oxygen atoms in total. The standard InChI is InChI=1S/C22H26N2O6/c1-27-17-11-16(12-18(28-2)21(17)29-3)23-20(25)13-19-22(26)24(9-10-30-19)14-15-7-5-4-6-8-15/h4-8,11-12,19H,9-10,13-14H2,1-3H3,(H,23,25)/t19-/m1/s1. The summed E-state index contributed by atoms with van der Waals surface area (Å²) in [6.45, 7) is 1.38. The van der Waals surface area contributed by atoms with Gasteiger partial charge in [-0.3, -0.25) is 9.59 Å². The first-order chi connectivity index (χ1) is 14.5. The maximum atomic E-state index is 12.8. The Hall–Kier alpha value is -3.26. The molecule has 0 unspecified atom stereocenters. The number of morpholine rings is 1. The van der Waals surface area contributed by atoms with Crippen LogP contribution in [0.25, 0.3) is 0 Å². The van der Waals surface area contributed by atoms with Crippen molar-refractivity contribution >= 4 is 17.5 Å². The van der Waals surface area contributed by atoms with E-state index < -0.39 is 6.10 Å². The maximum absolute atomic E-state index is 12.8. The first kappa shape index (κ1) is 21.4. The average molecular weight is 414 g/mol. The van der Waals surface area contributed by atoms with E-state index in [0.29, 0.717) is 42.6 Å². The van der Waals surface area contributed by atoms with E-state index in [9.17, 15) is 9.59 Å². The summed E-state index contributed by atoms with van der Waals surface area (Å²) in [6, 6.07) is 13.0. The van der Waals surface area contributed by atoms with Crippen LogP contribution in [0.3, 0.4) is 0 Å². The summed E-state index contributed by atoms with van der Waals surface area (Å²) < 4.78 is 21.4. The SMILES string of the molecule is COc1cc(NC(=O)C[C@H]2OCCN(Cc3ccccc3)C2=O)cc(OC)c1OC. The highest BCUT2D eigenvalue weighted by molar-refractivity contribution is 5.95. The summed E-state index contributed by atoms with van der Waals surface area (Å²) in [5.41, 5.74) is 1.51. The molecular weight excluding hydrogens is 388 g/mol. The molecule has 1 saturated heterocycles. The molecule has 1 heterocycles. The number of amides is 2. The lowest BCUT2D eigenvalue weighted by Gasteiger charge is -2.32. The van der Waals surface area contributed by atoms with Gasteiger partial charge in [-0.25, -0.2) is 0 Å². The fourth-order valence-electron chi connectivity index (χ4n) is 3.33. The Bertz CT molecular complexity index is 861. The summed E-state index contributed by atoms with van der Waals surface area (Å²) in [5, 5.41) is 2.77. The van der Waals surface area contributed by atoms with Gasteiger partial charge in [0.15, 0.2) is 11.5 Å². The largest absolute Gasteiger partial charge is 0.493 e. The zero-order valence-corrected chi connectivity index (χ0v) is 17.3. The van der Waals surface area contributed by atoms with Gasteiger partial charge < -0.3 is 29.2 Å². The molecule has 1 atom stereocenters. The number of hydrogen-bond donors (Lipinski definition) is 1. The minimum Gasteiger partial charge on any atom is -0.493 e. The first-order valence-corrected chi connectivity index (χ1v) is 9.60. The van der Waals surface area contributed by atoms with Crippen molar-refractivity contribution in [1.82, 2.24) is 4.90 Å². The summed E-state index contributed by atoms with van der Waals surface area (Å²) in [4.78, 5) is 27.1. The van der Waals surface area contributed by atoms with E-state index in [1.54, 1.807) is 17.0 Å². The van der Waals surface area contributed by atoms with Gasteiger partial charge in [-0.15, -0.1) is 0 Å². The van der Waals surface area contributed by atoms with Crippen molar-refractivity contribution in [3.8, 4) is 17.2 Å². The van der Waals surface area contributed by atoms with Crippen LogP contribution in [0.5, 0.6) is 17.2 Å². The molecule has 0 spiro atoms. The second-order valence-corrected chi connectivity index (χ2v) is 6.77. The monoisotopic (exact) mass is 414 g/mol. The van der Waals surface area contributed by atoms with Gasteiger partial charge in [0.1, 0.15) is 6.10 Å². The molecule has 1 fully saturated rings. The smallest absolute Gasteiger partial charge is 0.252 e. The van der Waals surface area contributed by atoms with Crippen LogP contribution in [-0.4, -0.2) is 57.3 Å². The quantitative estimate of drug-likeness (QED) is 0.714. The average Bonchev–Trinajstić information content (AvgIpc) is 2.76. The van der Waals surface area contributed by atoms with Gasteiger partial charge in [0.05, 0.1) is 34.4 Å². The highest BCUT2D eigenvalue weighted by atomic mass is 16.5. The van der Waals surface area contributed by atoms with Gasteiger partial charge in [-0.2, -0.15) is 0 Å². The van der Waals surface area contributed by atoms with Gasteiger partial charge in [0.2, 0.25) is 11.7 Å². The number of nitrogens with zero attached hydrogens (tertiary/aromatic N) is 1. The Morgan fingerprint density at radius 3 is 2.37 bits per heavy atom. The highest BCUT2D eigenvalue weighted by Gasteiger charge is 2.31. The van der Waals surface area contributed by atoms with Crippen LogP contribution >= 0.6 is 0 Å². The number of carbonyl (C=O) groups is 2. The number of anilines is 1. The zero-order chi connectivity index (χ0) is 21.5. The van der Waals surface area contributed by atoms with E-state index in [1.165, 1.54) is 21.3 Å². The van der Waals surface area contributed by atoms with Gasteiger partial charge in [-0.05, 0) is 5.56 Å². The van der Waals surface area contributed by atoms with Crippen LogP contribution in [0.15, 0.2) is 42.5 Å². The highest BCUT2D eigenvalue weighted by Crippen LogP contribution is 2.40. The number of methoxy groups -OCH3 is 3. The minimum absolute atomic E-state index is 0.0826. The van der Waals surface area contributed by atoms with Crippen molar-refractivity contribution in [2.24, 2.45) is 0 Å². The summed E-state index contributed by atoms with van der Waals surface area (Å²) in [7, 11) is 4.50. The van der Waals surface area contributed by atoms with E-state index in [4.69, 9.17) is 18.9 Å². The molecule has 0 saturated carbocycles. The van der Waals surface area contributed by atoms with Crippen LogP contribution in [0.1, 0.15) is 12.0 Å². The van der Waals surface area contributed by atoms with Crippen LogP contribution < -0.4 is 19.5 Å². The topological polar surface area (TPSA) is 86.3 Å². The lowest BCUT2D eigenvalue weighted by atomic mass is 10.1. The number of rotatable bonds is 8. The third kappa shape index (κ3) is 5.01. The second-order valence-electron chi connectivity index (χ2n) is 6.77. The van der Waals surface area contributed by atoms with Gasteiger partial charge in [-0.1, -0.05) is 30.3 Å². The molecule has 30 heavy (non-hydrogen) atoms. The van der Waals surface area contributed by atoms with E-state index in [1.807, 2.05) is 30.3 Å². The number of nitrogens with one attached hydrogen (secondary N) is 1. The number of hydrogen-bond acceptors (Lipinski definition) is 6. The lowest BCUT2D eigenvalue weighted by molar-refractivity contribution is -0.155. The van der Waals surface area contributed by atoms with Crippen molar-refractivity contribution in [2.45, 2.75) is 19.1 Å². The minimum atomic E-state index is -0.815. The van der Waals surface area contributed by atoms with Crippen molar-refractivity contribution in [2.75, 3.05) is 39.8 Å². The third-order valence-electron chi connectivity index (χ3n) is 4.80. The Balaban J connectivity index is 1.65.